The number of nitrogens with one attached hydrogen (secondary N) is 1. The molecule has 3 nitrogen and oxygen atoms in total. The smallest absolute Gasteiger partial charge is 0.355 e. The van der Waals surface area contributed by atoms with E-state index in [1.807, 2.05) is 30.3 Å². The van der Waals surface area contributed by atoms with Gasteiger partial charge < -0.3 is 4.98 Å². The van der Waals surface area contributed by atoms with Crippen molar-refractivity contribution in [3.63, 3.8) is 0 Å². The van der Waals surface area contributed by atoms with E-state index in [0.717, 1.165) is 21.8 Å². The van der Waals surface area contributed by atoms with Crippen molar-refractivity contribution >= 4 is 27.5 Å². The molecule has 70 valence electrons. The van der Waals surface area contributed by atoms with Crippen molar-refractivity contribution in [2.75, 3.05) is 0 Å². The van der Waals surface area contributed by atoms with Gasteiger partial charge in [-0.3, -0.25) is 0 Å². The summed E-state index contributed by atoms with van der Waals surface area (Å²) < 4.78 is 0. The van der Waals surface area contributed by atoms with E-state index in [1.54, 1.807) is 6.07 Å². The zero-order valence-electron chi connectivity index (χ0n) is 7.94. The first-order valence-corrected chi connectivity index (χ1v) is 4.74. The van der Waals surface area contributed by atoms with Gasteiger partial charge in [-0.1, -0.05) is 18.2 Å². The quantitative estimate of drug-likeness (QED) is 0.543. The van der Waals surface area contributed by atoms with Crippen LogP contribution in [0.25, 0.3) is 26.8 Å². The predicted octanol–water partition coefficient (Wildman–Crippen LogP) is 3.81. The number of nitrogens with zero attached hydrogens (tertiary/aromatic N) is 2. The lowest BCUT2D eigenvalue weighted by molar-refractivity contribution is 1.47. The molecule has 1 heterocycles. The highest BCUT2D eigenvalue weighted by Gasteiger charge is 2.09. The summed E-state index contributed by atoms with van der Waals surface area (Å²) in [5.41, 5.74) is 2.73. The Morgan fingerprint density at radius 3 is 2.60 bits per heavy atom. The molecular formula is C12H8N3+. The van der Waals surface area contributed by atoms with Gasteiger partial charge in [0.05, 0.1) is 0 Å². The topological polar surface area (TPSA) is 43.9 Å². The summed E-state index contributed by atoms with van der Waals surface area (Å²) in [6, 6.07) is 13.6. The molecule has 0 fully saturated rings. The predicted molar refractivity (Wildman–Crippen MR) is 60.5 cm³/mol. The molecule has 0 aliphatic carbocycles. The fraction of sp³-hybridized carbons (Fsp3) is 0. The van der Waals surface area contributed by atoms with Crippen LogP contribution < -0.4 is 0 Å². The highest BCUT2D eigenvalue weighted by molar-refractivity contribution is 6.08. The molecule has 0 bridgehead atoms. The summed E-state index contributed by atoms with van der Waals surface area (Å²) in [6.45, 7) is 0. The number of hydrogen-bond acceptors (Lipinski definition) is 1. The third-order valence-electron chi connectivity index (χ3n) is 2.61. The van der Waals surface area contributed by atoms with Gasteiger partial charge in [0.15, 0.2) is 4.98 Å². The van der Waals surface area contributed by atoms with Crippen molar-refractivity contribution in [2.24, 2.45) is 0 Å². The molecule has 1 aromatic heterocycles. The van der Waals surface area contributed by atoms with Crippen LogP contribution in [-0.4, -0.2) is 4.98 Å². The monoisotopic (exact) mass is 194 g/mol. The van der Waals surface area contributed by atoms with Crippen LogP contribution in [0.2, 0.25) is 0 Å². The van der Waals surface area contributed by atoms with Crippen molar-refractivity contribution in [2.45, 2.75) is 0 Å². The lowest BCUT2D eigenvalue weighted by Gasteiger charge is -1.86. The van der Waals surface area contributed by atoms with Gasteiger partial charge in [0.25, 0.3) is 0 Å². The Labute approximate surface area is 86.0 Å². The third kappa shape index (κ3) is 1.09. The maximum absolute atomic E-state index is 8.72. The van der Waals surface area contributed by atoms with Crippen molar-refractivity contribution < 1.29 is 0 Å². The fourth-order valence-electron chi connectivity index (χ4n) is 1.90. The highest BCUT2D eigenvalue weighted by Crippen LogP contribution is 2.28. The summed E-state index contributed by atoms with van der Waals surface area (Å²) in [5, 5.41) is 11.0. The molecule has 0 radical (unpaired) electrons. The van der Waals surface area contributed by atoms with Gasteiger partial charge in [-0.25, -0.2) is 0 Å². The molecule has 3 heteroatoms. The number of para-hydroxylation sites is 1. The van der Waals surface area contributed by atoms with Gasteiger partial charge in [-0.05, 0) is 12.1 Å². The van der Waals surface area contributed by atoms with E-state index in [9.17, 15) is 0 Å². The van der Waals surface area contributed by atoms with Crippen LogP contribution in [0.3, 0.4) is 0 Å². The lowest BCUT2D eigenvalue weighted by Crippen LogP contribution is -1.65. The first-order valence-electron chi connectivity index (χ1n) is 4.74. The molecule has 0 aliphatic rings. The molecular weight excluding hydrogens is 186 g/mol. The lowest BCUT2D eigenvalue weighted by atomic mass is 10.1. The molecule has 1 N–H and O–H groups in total. The average molecular weight is 194 g/mol. The molecule has 0 amide bonds. The summed E-state index contributed by atoms with van der Waals surface area (Å²) in [5.74, 6) is 0. The standard InChI is InChI=1S/C12H8N3/c13-15-8-5-6-12-10(7-8)9-3-1-2-4-11(9)14-12/h1-7,14H/q+1. The Morgan fingerprint density at radius 1 is 0.933 bits per heavy atom. The van der Waals surface area contributed by atoms with Gasteiger partial charge in [0.2, 0.25) is 5.39 Å². The minimum Gasteiger partial charge on any atom is -0.355 e. The Kier molecular flexibility index (Phi) is 1.51. The van der Waals surface area contributed by atoms with Crippen LogP contribution in [0, 0.1) is 5.39 Å². The second-order valence-corrected chi connectivity index (χ2v) is 3.50. The highest BCUT2D eigenvalue weighted by atomic mass is 14.8. The molecule has 15 heavy (non-hydrogen) atoms. The van der Waals surface area contributed by atoms with Crippen LogP contribution in [0.4, 0.5) is 5.69 Å². The van der Waals surface area contributed by atoms with E-state index in [4.69, 9.17) is 5.39 Å². The van der Waals surface area contributed by atoms with E-state index in [1.165, 1.54) is 0 Å². The van der Waals surface area contributed by atoms with Crippen molar-refractivity contribution in [1.29, 1.82) is 5.39 Å². The van der Waals surface area contributed by atoms with E-state index in [-0.39, 0.29) is 0 Å². The Hall–Kier alpha value is -2.34. The molecule has 0 aliphatic heterocycles. The summed E-state index contributed by atoms with van der Waals surface area (Å²) in [6.07, 6.45) is 0. The van der Waals surface area contributed by atoms with Crippen LogP contribution >= 0.6 is 0 Å². The molecule has 3 rings (SSSR count). The average Bonchev–Trinajstić information content (AvgIpc) is 2.66. The summed E-state index contributed by atoms with van der Waals surface area (Å²) >= 11 is 0. The van der Waals surface area contributed by atoms with Gasteiger partial charge in [-0.2, -0.15) is 0 Å². The molecule has 0 atom stereocenters. The number of rotatable bonds is 0. The number of aromatic amines is 1. The SMILES string of the molecule is N#[N+]c1ccc2[nH]c3ccccc3c2c1. The number of hydrogen-bond donors (Lipinski definition) is 1. The van der Waals surface area contributed by atoms with Gasteiger partial charge in [-0.15, -0.1) is 0 Å². The van der Waals surface area contributed by atoms with E-state index in [2.05, 4.69) is 16.0 Å². The Balaban J connectivity index is 2.53. The third-order valence-corrected chi connectivity index (χ3v) is 2.61. The molecule has 0 spiro atoms. The van der Waals surface area contributed by atoms with Crippen molar-refractivity contribution in [3.8, 4) is 0 Å². The Bertz CT molecular complexity index is 689. The van der Waals surface area contributed by atoms with Crippen molar-refractivity contribution in [3.05, 3.63) is 47.4 Å². The molecule has 0 saturated carbocycles. The minimum atomic E-state index is 0.576. The van der Waals surface area contributed by atoms with Gasteiger partial charge in [0.1, 0.15) is 0 Å². The zero-order chi connectivity index (χ0) is 10.3. The first kappa shape index (κ1) is 8.01. The summed E-state index contributed by atoms with van der Waals surface area (Å²) in [4.78, 5) is 6.50. The van der Waals surface area contributed by atoms with Crippen LogP contribution in [0.5, 0.6) is 0 Å². The summed E-state index contributed by atoms with van der Waals surface area (Å²) in [7, 11) is 0. The minimum absolute atomic E-state index is 0.576. The number of diazo groups is 1. The van der Waals surface area contributed by atoms with Gasteiger partial charge >= 0.3 is 5.69 Å². The van der Waals surface area contributed by atoms with Crippen LogP contribution in [0.15, 0.2) is 42.5 Å². The largest absolute Gasteiger partial charge is 0.385 e. The van der Waals surface area contributed by atoms with E-state index < -0.39 is 0 Å². The number of fused-ring (bicyclic) bond motifs is 3. The van der Waals surface area contributed by atoms with Crippen LogP contribution in [-0.2, 0) is 0 Å². The normalized spacial score (nSPS) is 10.6. The van der Waals surface area contributed by atoms with Crippen molar-refractivity contribution in [1.82, 2.24) is 4.98 Å². The maximum atomic E-state index is 8.72. The van der Waals surface area contributed by atoms with Gasteiger partial charge in [0, 0.05) is 33.9 Å². The van der Waals surface area contributed by atoms with Crippen LogP contribution in [0.1, 0.15) is 0 Å². The second-order valence-electron chi connectivity index (χ2n) is 3.50. The maximum Gasteiger partial charge on any atom is 0.385 e. The molecule has 0 saturated heterocycles. The first-order chi connectivity index (χ1) is 7.38. The van der Waals surface area contributed by atoms with E-state index in [0.29, 0.717) is 5.69 Å². The molecule has 0 unspecified atom stereocenters. The number of benzene rings is 2. The number of H-pyrrole nitrogens is 1. The second kappa shape index (κ2) is 2.82. The molecule has 2 aromatic carbocycles. The van der Waals surface area contributed by atoms with E-state index >= 15 is 0 Å². The molecule has 3 aromatic rings. The fourth-order valence-corrected chi connectivity index (χ4v) is 1.90. The zero-order valence-corrected chi connectivity index (χ0v) is 7.94. The Morgan fingerprint density at radius 2 is 1.73 bits per heavy atom. The number of aromatic nitrogens is 1.